The summed E-state index contributed by atoms with van der Waals surface area (Å²) >= 11 is 1.65. The van der Waals surface area contributed by atoms with Gasteiger partial charge in [0.2, 0.25) is 0 Å². The number of nitrogens with zero attached hydrogens (tertiary/aromatic N) is 1. The van der Waals surface area contributed by atoms with Gasteiger partial charge in [0.25, 0.3) is 0 Å². The normalized spacial score (nSPS) is 11.3. The Balaban J connectivity index is 2.53. The van der Waals surface area contributed by atoms with Crippen molar-refractivity contribution in [3.8, 4) is 10.6 Å². The van der Waals surface area contributed by atoms with Crippen LogP contribution in [0.15, 0.2) is 29.1 Å². The molecule has 3 rings (SSSR count). The predicted octanol–water partition coefficient (Wildman–Crippen LogP) is 3.69. The van der Waals surface area contributed by atoms with Crippen molar-refractivity contribution in [3.05, 3.63) is 51.2 Å². The third-order valence-corrected chi connectivity index (χ3v) is 4.47. The molecule has 2 aliphatic rings. The second-order valence-electron chi connectivity index (χ2n) is 4.68. The van der Waals surface area contributed by atoms with Gasteiger partial charge < -0.3 is 0 Å². The number of rotatable bonds is 0. The van der Waals surface area contributed by atoms with Crippen LogP contribution in [-0.2, 0) is 0 Å². The van der Waals surface area contributed by atoms with Gasteiger partial charge in [-0.25, -0.2) is 4.98 Å². The highest BCUT2D eigenvalue weighted by Gasteiger charge is 2.14. The molecule has 0 saturated heterocycles. The van der Waals surface area contributed by atoms with Crippen molar-refractivity contribution in [2.45, 2.75) is 20.8 Å². The first-order valence-electron chi connectivity index (χ1n) is 5.87. The molecule has 1 aromatic carbocycles. The summed E-state index contributed by atoms with van der Waals surface area (Å²) in [5.74, 6) is 0. The average Bonchev–Trinajstić information content (AvgIpc) is 2.34. The van der Waals surface area contributed by atoms with E-state index in [0.29, 0.717) is 0 Å². The second-order valence-corrected chi connectivity index (χ2v) is 5.73. The van der Waals surface area contributed by atoms with Gasteiger partial charge in [0.05, 0.1) is 20.8 Å². The number of hydrogen-bond donors (Lipinski definition) is 0. The highest BCUT2D eigenvalue weighted by molar-refractivity contribution is 7.21. The Morgan fingerprint density at radius 3 is 2.67 bits per heavy atom. The lowest BCUT2D eigenvalue weighted by Gasteiger charge is -2.11. The molecule has 0 bridgehead atoms. The van der Waals surface area contributed by atoms with E-state index in [0.717, 1.165) is 31.9 Å². The molecule has 90 valence electrons. The minimum Gasteiger partial charge on any atom is -0.290 e. The van der Waals surface area contributed by atoms with E-state index in [9.17, 15) is 4.79 Å². The molecular formula is C15H13NOS. The van der Waals surface area contributed by atoms with Gasteiger partial charge in [-0.2, -0.15) is 0 Å². The first-order chi connectivity index (χ1) is 8.56. The predicted molar refractivity (Wildman–Crippen MR) is 76.7 cm³/mol. The van der Waals surface area contributed by atoms with Gasteiger partial charge in [-0.1, -0.05) is 6.07 Å². The molecule has 3 heteroatoms. The Kier molecular flexibility index (Phi) is 2.45. The Hall–Kier alpha value is -1.74. The zero-order valence-corrected chi connectivity index (χ0v) is 11.4. The van der Waals surface area contributed by atoms with Gasteiger partial charge >= 0.3 is 0 Å². The minimum absolute atomic E-state index is 0.101. The average molecular weight is 255 g/mol. The van der Waals surface area contributed by atoms with Crippen molar-refractivity contribution >= 4 is 21.6 Å². The first-order valence-corrected chi connectivity index (χ1v) is 6.69. The van der Waals surface area contributed by atoms with Gasteiger partial charge in [0.15, 0.2) is 5.43 Å². The Morgan fingerprint density at radius 2 is 1.89 bits per heavy atom. The Bertz CT molecular complexity index is 789. The summed E-state index contributed by atoms with van der Waals surface area (Å²) in [6.45, 7) is 5.89. The summed E-state index contributed by atoms with van der Waals surface area (Å²) in [5.41, 5.74) is 5.03. The zero-order valence-electron chi connectivity index (χ0n) is 10.6. The number of benzene rings is 2. The van der Waals surface area contributed by atoms with Crippen LogP contribution in [0.5, 0.6) is 0 Å². The van der Waals surface area contributed by atoms with E-state index in [1.165, 1.54) is 5.56 Å². The van der Waals surface area contributed by atoms with E-state index < -0.39 is 0 Å². The van der Waals surface area contributed by atoms with Gasteiger partial charge in [-0.15, -0.1) is 11.3 Å². The molecule has 18 heavy (non-hydrogen) atoms. The maximum atomic E-state index is 11.8. The van der Waals surface area contributed by atoms with Crippen LogP contribution in [0.1, 0.15) is 16.7 Å². The Morgan fingerprint density at radius 1 is 1.11 bits per heavy atom. The van der Waals surface area contributed by atoms with Crippen LogP contribution < -0.4 is 5.43 Å². The summed E-state index contributed by atoms with van der Waals surface area (Å²) in [4.78, 5) is 17.5. The van der Waals surface area contributed by atoms with Crippen molar-refractivity contribution < 1.29 is 0 Å². The SMILES string of the molecule is Cc1ccc2sc3c(C)c(=O)cc(C)c-3nc2c1. The molecule has 2 nitrogen and oxygen atoms in total. The molecule has 1 aromatic rings. The van der Waals surface area contributed by atoms with Crippen molar-refractivity contribution in [2.75, 3.05) is 0 Å². The molecule has 0 unspecified atom stereocenters. The molecule has 1 aliphatic heterocycles. The van der Waals surface area contributed by atoms with E-state index in [4.69, 9.17) is 4.98 Å². The lowest BCUT2D eigenvalue weighted by molar-refractivity contribution is 1.28. The summed E-state index contributed by atoms with van der Waals surface area (Å²) in [6, 6.07) is 7.92. The van der Waals surface area contributed by atoms with Crippen LogP contribution >= 0.6 is 11.3 Å². The van der Waals surface area contributed by atoms with Crippen LogP contribution in [0.2, 0.25) is 0 Å². The van der Waals surface area contributed by atoms with Crippen LogP contribution in [0.25, 0.3) is 20.8 Å². The molecule has 0 spiro atoms. The number of fused-ring (bicyclic) bond motifs is 2. The van der Waals surface area contributed by atoms with Gasteiger partial charge in [-0.3, -0.25) is 4.79 Å². The van der Waals surface area contributed by atoms with Crippen LogP contribution in [0, 0.1) is 20.8 Å². The molecule has 0 aromatic heterocycles. The summed E-state index contributed by atoms with van der Waals surface area (Å²) < 4.78 is 1.13. The number of aromatic nitrogens is 1. The fourth-order valence-electron chi connectivity index (χ4n) is 2.14. The second kappa shape index (κ2) is 3.89. The molecule has 1 heterocycles. The molecule has 0 amide bonds. The lowest BCUT2D eigenvalue weighted by atomic mass is 10.1. The van der Waals surface area contributed by atoms with Crippen LogP contribution in [0.3, 0.4) is 0 Å². The lowest BCUT2D eigenvalue weighted by Crippen LogP contribution is -2.08. The maximum Gasteiger partial charge on any atom is 0.183 e. The third-order valence-electron chi connectivity index (χ3n) is 3.21. The van der Waals surface area contributed by atoms with Gasteiger partial charge in [0.1, 0.15) is 0 Å². The standard InChI is InChI=1S/C15H13NOS/c1-8-4-5-13-11(6-8)16-14-9(2)7-12(17)10(3)15(14)18-13/h4-7H,1-3H3. The van der Waals surface area contributed by atoms with Crippen molar-refractivity contribution in [2.24, 2.45) is 0 Å². The fraction of sp³-hybridized carbons (Fsp3) is 0.200. The van der Waals surface area contributed by atoms with E-state index in [1.54, 1.807) is 17.4 Å². The van der Waals surface area contributed by atoms with Crippen molar-refractivity contribution in [3.63, 3.8) is 0 Å². The van der Waals surface area contributed by atoms with E-state index in [-0.39, 0.29) is 5.43 Å². The summed E-state index contributed by atoms with van der Waals surface area (Å²) in [6.07, 6.45) is 0. The molecule has 0 N–H and O–H groups in total. The summed E-state index contributed by atoms with van der Waals surface area (Å²) in [7, 11) is 0. The first kappa shape index (κ1) is 11.4. The molecular weight excluding hydrogens is 242 g/mol. The zero-order chi connectivity index (χ0) is 12.9. The smallest absolute Gasteiger partial charge is 0.183 e. The van der Waals surface area contributed by atoms with Crippen LogP contribution in [-0.4, -0.2) is 4.98 Å². The largest absolute Gasteiger partial charge is 0.290 e. The van der Waals surface area contributed by atoms with Crippen LogP contribution in [0.4, 0.5) is 0 Å². The quantitative estimate of drug-likeness (QED) is 0.573. The van der Waals surface area contributed by atoms with Crippen molar-refractivity contribution in [1.82, 2.24) is 4.98 Å². The van der Waals surface area contributed by atoms with E-state index >= 15 is 0 Å². The highest BCUT2D eigenvalue weighted by Crippen LogP contribution is 2.33. The van der Waals surface area contributed by atoms with Gasteiger partial charge in [-0.05, 0) is 50.1 Å². The molecule has 1 aliphatic carbocycles. The van der Waals surface area contributed by atoms with E-state index in [1.807, 2.05) is 13.8 Å². The Labute approximate surface area is 109 Å². The minimum atomic E-state index is 0.101. The topological polar surface area (TPSA) is 30.0 Å². The molecule has 0 fully saturated rings. The monoisotopic (exact) mass is 255 g/mol. The highest BCUT2D eigenvalue weighted by atomic mass is 32.1. The van der Waals surface area contributed by atoms with Gasteiger partial charge in [0, 0.05) is 5.56 Å². The molecule has 0 radical (unpaired) electrons. The van der Waals surface area contributed by atoms with E-state index in [2.05, 4.69) is 25.1 Å². The fourth-order valence-corrected chi connectivity index (χ4v) is 3.26. The third kappa shape index (κ3) is 1.63. The maximum absolute atomic E-state index is 11.8. The number of hydrogen-bond acceptors (Lipinski definition) is 3. The van der Waals surface area contributed by atoms with Crippen molar-refractivity contribution in [1.29, 1.82) is 0 Å². The summed E-state index contributed by atoms with van der Waals surface area (Å²) in [5, 5.41) is 0. The molecule has 0 atom stereocenters. The molecule has 0 saturated carbocycles. The number of aryl methyl sites for hydroxylation is 2.